The van der Waals surface area contributed by atoms with E-state index in [1.807, 2.05) is 0 Å². The molecule has 2 atom stereocenters. The normalized spacial score (nSPS) is 13.0. The van der Waals surface area contributed by atoms with Crippen LogP contribution in [0.15, 0.2) is 61.1 Å². The zero-order valence-corrected chi connectivity index (χ0v) is 22.0. The maximum absolute atomic E-state index is 13.9. The van der Waals surface area contributed by atoms with Gasteiger partial charge < -0.3 is 15.8 Å². The number of rotatable bonds is 12. The van der Waals surface area contributed by atoms with E-state index in [9.17, 15) is 30.8 Å². The van der Waals surface area contributed by atoms with E-state index in [2.05, 4.69) is 25.5 Å². The number of benzene rings is 2. The maximum Gasteiger partial charge on any atom is 0.285 e. The van der Waals surface area contributed by atoms with E-state index in [4.69, 9.17) is 10.5 Å². The molecule has 2 unspecified atom stereocenters. The van der Waals surface area contributed by atoms with Crippen LogP contribution in [0.3, 0.4) is 0 Å². The molecule has 5 N–H and O–H groups in total. The Bertz CT molecular complexity index is 1620. The SMILES string of the molecule is CCC(Oc1cc(-c2n[nH]c(Nc3cnccn3)c2C(N)=O)ccc1NS(=O)(=O)C(F)C(F)F)c1ccc(F)cc1. The van der Waals surface area contributed by atoms with E-state index < -0.39 is 39.8 Å². The molecule has 1 amide bonds. The molecule has 0 saturated carbocycles. The number of carbonyl (C=O) groups excluding carboxylic acids is 1. The number of alkyl halides is 3. The highest BCUT2D eigenvalue weighted by Gasteiger charge is 2.35. The van der Waals surface area contributed by atoms with E-state index in [1.54, 1.807) is 11.6 Å². The summed E-state index contributed by atoms with van der Waals surface area (Å²) in [5.74, 6) is -1.25. The first-order valence-electron chi connectivity index (χ1n) is 11.9. The second-order valence-corrected chi connectivity index (χ2v) is 10.3. The third kappa shape index (κ3) is 6.71. The first-order chi connectivity index (χ1) is 19.5. The van der Waals surface area contributed by atoms with Crippen molar-refractivity contribution in [2.24, 2.45) is 5.73 Å². The minimum Gasteiger partial charge on any atom is -0.484 e. The predicted molar refractivity (Wildman–Crippen MR) is 141 cm³/mol. The number of hydrogen-bond donors (Lipinski definition) is 4. The van der Waals surface area contributed by atoms with Crippen molar-refractivity contribution in [2.45, 2.75) is 31.4 Å². The van der Waals surface area contributed by atoms with Gasteiger partial charge in [-0.25, -0.2) is 31.0 Å². The number of nitrogens with one attached hydrogen (secondary N) is 3. The number of halogens is 4. The molecule has 2 heterocycles. The standard InChI is InChI=1S/C25H23F4N7O4S/c1-2-17(13-3-6-15(26)7-4-13)40-18-11-14(5-8-16(18)36-41(38,39)23(29)22(27)28)21-20(24(30)37)25(35-34-21)33-19-12-31-9-10-32-19/h3-12,17,22-23,36H,2H2,1H3,(H2,30,37)(H2,32,33,34,35). The Balaban J connectivity index is 1.78. The molecule has 0 saturated heterocycles. The van der Waals surface area contributed by atoms with Gasteiger partial charge in [-0.15, -0.1) is 0 Å². The Kier molecular flexibility index (Phi) is 8.71. The van der Waals surface area contributed by atoms with Crippen LogP contribution in [0.5, 0.6) is 5.75 Å². The van der Waals surface area contributed by atoms with Gasteiger partial charge in [0.2, 0.25) is 0 Å². The number of H-pyrrole nitrogens is 1. The number of primary amides is 1. The van der Waals surface area contributed by atoms with E-state index in [-0.39, 0.29) is 39.9 Å². The van der Waals surface area contributed by atoms with Gasteiger partial charge in [0.15, 0.2) is 0 Å². The Morgan fingerprint density at radius 1 is 1.12 bits per heavy atom. The van der Waals surface area contributed by atoms with Gasteiger partial charge in [0.1, 0.15) is 40.6 Å². The third-order valence-electron chi connectivity index (χ3n) is 5.71. The van der Waals surface area contributed by atoms with E-state index in [0.717, 1.165) is 6.07 Å². The van der Waals surface area contributed by atoms with Crippen LogP contribution in [0, 0.1) is 5.82 Å². The summed E-state index contributed by atoms with van der Waals surface area (Å²) in [4.78, 5) is 20.4. The van der Waals surface area contributed by atoms with Crippen molar-refractivity contribution < 1.29 is 35.5 Å². The number of aromatic amines is 1. The lowest BCUT2D eigenvalue weighted by Crippen LogP contribution is -2.30. The molecule has 41 heavy (non-hydrogen) atoms. The summed E-state index contributed by atoms with van der Waals surface area (Å²) in [7, 11) is -5.19. The van der Waals surface area contributed by atoms with Gasteiger partial charge in [-0.05, 0) is 36.2 Å². The molecule has 0 spiro atoms. The van der Waals surface area contributed by atoms with Gasteiger partial charge in [-0.1, -0.05) is 25.1 Å². The Hall–Kier alpha value is -4.73. The van der Waals surface area contributed by atoms with Crippen LogP contribution in [-0.4, -0.2) is 46.4 Å². The molecule has 4 aromatic rings. The number of carbonyl (C=O) groups is 1. The average molecular weight is 594 g/mol. The molecule has 2 aromatic carbocycles. The van der Waals surface area contributed by atoms with Crippen LogP contribution < -0.4 is 20.5 Å². The maximum atomic E-state index is 13.9. The van der Waals surface area contributed by atoms with Crippen molar-refractivity contribution in [3.63, 3.8) is 0 Å². The monoisotopic (exact) mass is 593 g/mol. The second kappa shape index (κ2) is 12.2. The van der Waals surface area contributed by atoms with Crippen molar-refractivity contribution in [1.82, 2.24) is 20.2 Å². The summed E-state index contributed by atoms with van der Waals surface area (Å²) in [5.41, 5.74) is 2.36. The lowest BCUT2D eigenvalue weighted by atomic mass is 10.0. The highest BCUT2D eigenvalue weighted by molar-refractivity contribution is 7.93. The highest BCUT2D eigenvalue weighted by atomic mass is 32.2. The molecular formula is C25H23F4N7O4S. The van der Waals surface area contributed by atoms with Crippen molar-refractivity contribution in [1.29, 1.82) is 0 Å². The van der Waals surface area contributed by atoms with Crippen molar-refractivity contribution in [3.05, 3.63) is 78.0 Å². The zero-order valence-electron chi connectivity index (χ0n) is 21.2. The van der Waals surface area contributed by atoms with Crippen LogP contribution in [0.2, 0.25) is 0 Å². The molecule has 4 rings (SSSR count). The molecule has 0 fully saturated rings. The van der Waals surface area contributed by atoms with Crippen LogP contribution in [0.1, 0.15) is 35.4 Å². The molecule has 0 radical (unpaired) electrons. The lowest BCUT2D eigenvalue weighted by molar-refractivity contribution is 0.0905. The van der Waals surface area contributed by atoms with E-state index in [0.29, 0.717) is 12.0 Å². The third-order valence-corrected chi connectivity index (χ3v) is 7.02. The summed E-state index contributed by atoms with van der Waals surface area (Å²) >= 11 is 0. The first kappa shape index (κ1) is 29.3. The summed E-state index contributed by atoms with van der Waals surface area (Å²) in [6, 6.07) is 9.01. The molecule has 11 nitrogen and oxygen atoms in total. The summed E-state index contributed by atoms with van der Waals surface area (Å²) < 4.78 is 85.5. The fourth-order valence-electron chi connectivity index (χ4n) is 3.79. The predicted octanol–water partition coefficient (Wildman–Crippen LogP) is 4.68. The minimum atomic E-state index is -5.19. The van der Waals surface area contributed by atoms with E-state index >= 15 is 0 Å². The Morgan fingerprint density at radius 3 is 2.46 bits per heavy atom. The first-order valence-corrected chi connectivity index (χ1v) is 13.5. The van der Waals surface area contributed by atoms with Gasteiger partial charge >= 0.3 is 0 Å². The highest BCUT2D eigenvalue weighted by Crippen LogP contribution is 2.37. The van der Waals surface area contributed by atoms with Crippen LogP contribution in [0.25, 0.3) is 11.3 Å². The van der Waals surface area contributed by atoms with Crippen LogP contribution >= 0.6 is 0 Å². The van der Waals surface area contributed by atoms with Crippen molar-refractivity contribution >= 4 is 33.3 Å². The number of ether oxygens (including phenoxy) is 1. The molecule has 2 aromatic heterocycles. The molecule has 0 aliphatic carbocycles. The number of aromatic nitrogens is 4. The second-order valence-electron chi connectivity index (χ2n) is 8.51. The van der Waals surface area contributed by atoms with Gasteiger partial charge in [0, 0.05) is 18.0 Å². The Labute approximate surface area is 231 Å². The molecule has 0 bridgehead atoms. The largest absolute Gasteiger partial charge is 0.484 e. The minimum absolute atomic E-state index is 0.0222. The van der Waals surface area contributed by atoms with Gasteiger partial charge in [0.25, 0.3) is 27.9 Å². The summed E-state index contributed by atoms with van der Waals surface area (Å²) in [6.45, 7) is 1.74. The molecule has 0 aliphatic heterocycles. The molecule has 0 aliphatic rings. The Morgan fingerprint density at radius 2 is 1.85 bits per heavy atom. The summed E-state index contributed by atoms with van der Waals surface area (Å²) in [5, 5.41) is 9.60. The smallest absolute Gasteiger partial charge is 0.285 e. The van der Waals surface area contributed by atoms with Gasteiger partial charge in [-0.2, -0.15) is 5.10 Å². The number of hydrogen-bond acceptors (Lipinski definition) is 8. The number of amides is 1. The number of nitrogens with two attached hydrogens (primary N) is 1. The van der Waals surface area contributed by atoms with Crippen LogP contribution in [0.4, 0.5) is 34.9 Å². The van der Waals surface area contributed by atoms with Crippen molar-refractivity contribution in [3.8, 4) is 17.0 Å². The number of nitrogens with zero attached hydrogens (tertiary/aromatic N) is 3. The number of sulfonamides is 1. The molecular weight excluding hydrogens is 570 g/mol. The zero-order chi connectivity index (χ0) is 29.7. The van der Waals surface area contributed by atoms with Crippen molar-refractivity contribution in [2.75, 3.05) is 10.0 Å². The topological polar surface area (TPSA) is 165 Å². The average Bonchev–Trinajstić information content (AvgIpc) is 3.36. The quantitative estimate of drug-likeness (QED) is 0.172. The number of anilines is 3. The summed E-state index contributed by atoms with van der Waals surface area (Å²) in [6.07, 6.45) is -0.0243. The van der Waals surface area contributed by atoms with Crippen LogP contribution in [-0.2, 0) is 10.0 Å². The fourth-order valence-corrected chi connectivity index (χ4v) is 4.65. The molecule has 16 heteroatoms. The van der Waals surface area contributed by atoms with Gasteiger partial charge in [0.05, 0.1) is 11.9 Å². The molecule has 216 valence electrons. The lowest BCUT2D eigenvalue weighted by Gasteiger charge is -2.22. The van der Waals surface area contributed by atoms with E-state index in [1.165, 1.54) is 55.0 Å². The fraction of sp³-hybridized carbons (Fsp3) is 0.200. The van der Waals surface area contributed by atoms with Gasteiger partial charge in [-0.3, -0.25) is 19.6 Å².